The number of aryl methyl sites for hydroxylation is 1. The van der Waals surface area contributed by atoms with Gasteiger partial charge in [0, 0.05) is 6.20 Å². The van der Waals surface area contributed by atoms with E-state index >= 15 is 0 Å². The Morgan fingerprint density at radius 2 is 2.27 bits per heavy atom. The summed E-state index contributed by atoms with van der Waals surface area (Å²) in [4.78, 5) is 4.07. The third-order valence-corrected chi connectivity index (χ3v) is 3.41. The van der Waals surface area contributed by atoms with Crippen LogP contribution in [-0.2, 0) is 12.8 Å². The van der Waals surface area contributed by atoms with Crippen LogP contribution in [0, 0.1) is 0 Å². The zero-order valence-electron chi connectivity index (χ0n) is 5.90. The number of pyridine rings is 1. The van der Waals surface area contributed by atoms with Gasteiger partial charge in [-0.3, -0.25) is 0 Å². The van der Waals surface area contributed by atoms with Crippen molar-refractivity contribution >= 4 is 27.5 Å². The highest BCUT2D eigenvalue weighted by Gasteiger charge is 2.15. The lowest BCUT2D eigenvalue weighted by Crippen LogP contribution is -1.87. The molecule has 3 heteroatoms. The van der Waals surface area contributed by atoms with Gasteiger partial charge in [0.15, 0.2) is 0 Å². The highest BCUT2D eigenvalue weighted by molar-refractivity contribution is 9.10. The van der Waals surface area contributed by atoms with Crippen molar-refractivity contribution in [2.45, 2.75) is 19.3 Å². The molecule has 2 rings (SSSR count). The van der Waals surface area contributed by atoms with Gasteiger partial charge in [-0.2, -0.15) is 0 Å². The van der Waals surface area contributed by atoms with Crippen molar-refractivity contribution in [3.05, 3.63) is 26.9 Å². The Kier molecular flexibility index (Phi) is 1.90. The largest absolute Gasteiger partial charge is 0.243 e. The fourth-order valence-electron chi connectivity index (χ4n) is 1.48. The van der Waals surface area contributed by atoms with Gasteiger partial charge in [0.25, 0.3) is 0 Å². The molecule has 0 radical (unpaired) electrons. The van der Waals surface area contributed by atoms with E-state index in [0.717, 1.165) is 17.3 Å². The summed E-state index contributed by atoms with van der Waals surface area (Å²) in [5.41, 5.74) is 2.70. The summed E-state index contributed by atoms with van der Waals surface area (Å²) >= 11 is 9.27. The van der Waals surface area contributed by atoms with Crippen molar-refractivity contribution in [2.24, 2.45) is 0 Å². The van der Waals surface area contributed by atoms with Gasteiger partial charge in [-0.15, -0.1) is 0 Å². The number of hydrogen-bond donors (Lipinski definition) is 0. The summed E-state index contributed by atoms with van der Waals surface area (Å²) in [5.74, 6) is 0. The van der Waals surface area contributed by atoms with Crippen LogP contribution in [0.25, 0.3) is 0 Å². The van der Waals surface area contributed by atoms with Crippen LogP contribution in [0.5, 0.6) is 0 Å². The van der Waals surface area contributed by atoms with Crippen molar-refractivity contribution in [3.63, 3.8) is 0 Å². The van der Waals surface area contributed by atoms with Gasteiger partial charge < -0.3 is 0 Å². The fourth-order valence-corrected chi connectivity index (χ4v) is 2.19. The average Bonchev–Trinajstić information content (AvgIpc) is 2.45. The fraction of sp³-hybridized carbons (Fsp3) is 0.375. The van der Waals surface area contributed by atoms with E-state index in [1.54, 1.807) is 0 Å². The second-order valence-corrected chi connectivity index (χ2v) is 3.87. The Bertz CT molecular complexity index is 298. The van der Waals surface area contributed by atoms with E-state index in [4.69, 9.17) is 11.6 Å². The molecule has 0 atom stereocenters. The summed E-state index contributed by atoms with van der Waals surface area (Å²) in [6.45, 7) is 0. The Labute approximate surface area is 78.9 Å². The molecule has 0 fully saturated rings. The molecule has 1 aromatic heterocycles. The van der Waals surface area contributed by atoms with Crippen LogP contribution in [0.3, 0.4) is 0 Å². The summed E-state index contributed by atoms with van der Waals surface area (Å²) in [7, 11) is 0. The topological polar surface area (TPSA) is 12.9 Å². The molecular weight excluding hydrogens is 225 g/mol. The first-order valence-electron chi connectivity index (χ1n) is 3.61. The molecule has 0 saturated heterocycles. The average molecular weight is 233 g/mol. The van der Waals surface area contributed by atoms with Crippen molar-refractivity contribution in [3.8, 4) is 0 Å². The van der Waals surface area contributed by atoms with E-state index in [-0.39, 0.29) is 0 Å². The minimum absolute atomic E-state index is 0.589. The van der Waals surface area contributed by atoms with Gasteiger partial charge >= 0.3 is 0 Å². The normalized spacial score (nSPS) is 15.1. The molecule has 0 aliphatic heterocycles. The van der Waals surface area contributed by atoms with Crippen molar-refractivity contribution in [2.75, 3.05) is 0 Å². The van der Waals surface area contributed by atoms with E-state index in [0.29, 0.717) is 5.15 Å². The van der Waals surface area contributed by atoms with Crippen LogP contribution in [0.1, 0.15) is 17.5 Å². The number of fused-ring (bicyclic) bond motifs is 1. The van der Waals surface area contributed by atoms with Crippen molar-refractivity contribution in [1.29, 1.82) is 0 Å². The molecule has 0 saturated carbocycles. The first kappa shape index (κ1) is 7.56. The summed E-state index contributed by atoms with van der Waals surface area (Å²) in [5, 5.41) is 0.589. The van der Waals surface area contributed by atoms with Gasteiger partial charge in [-0.05, 0) is 46.3 Å². The van der Waals surface area contributed by atoms with Crippen LogP contribution < -0.4 is 0 Å². The van der Waals surface area contributed by atoms with Gasteiger partial charge in [0.05, 0.1) is 4.47 Å². The van der Waals surface area contributed by atoms with Crippen LogP contribution >= 0.6 is 27.5 Å². The predicted octanol–water partition coefficient (Wildman–Crippen LogP) is 2.99. The van der Waals surface area contributed by atoms with E-state index in [2.05, 4.69) is 20.9 Å². The molecule has 1 nitrogen and oxygen atoms in total. The van der Waals surface area contributed by atoms with Gasteiger partial charge in [-0.1, -0.05) is 11.6 Å². The second-order valence-electron chi connectivity index (χ2n) is 2.72. The molecule has 1 aromatic rings. The smallest absolute Gasteiger partial charge is 0.143 e. The number of nitrogens with zero attached hydrogens (tertiary/aromatic N) is 1. The highest BCUT2D eigenvalue weighted by atomic mass is 79.9. The number of rotatable bonds is 0. The predicted molar refractivity (Wildman–Crippen MR) is 49.0 cm³/mol. The summed E-state index contributed by atoms with van der Waals surface area (Å²) in [6.07, 6.45) is 5.40. The SMILES string of the molecule is Clc1ncc2c(c1Br)CCC2. The molecule has 11 heavy (non-hydrogen) atoms. The maximum absolute atomic E-state index is 5.83. The van der Waals surface area contributed by atoms with Gasteiger partial charge in [0.1, 0.15) is 5.15 Å². The van der Waals surface area contributed by atoms with Gasteiger partial charge in [0.2, 0.25) is 0 Å². The summed E-state index contributed by atoms with van der Waals surface area (Å²) < 4.78 is 0.995. The molecular formula is C8H7BrClN. The van der Waals surface area contributed by atoms with E-state index in [1.807, 2.05) is 6.20 Å². The zero-order valence-corrected chi connectivity index (χ0v) is 8.24. The molecule has 0 spiro atoms. The number of halogens is 2. The summed E-state index contributed by atoms with van der Waals surface area (Å²) in [6, 6.07) is 0. The first-order chi connectivity index (χ1) is 5.29. The molecule has 1 heterocycles. The molecule has 0 bridgehead atoms. The maximum atomic E-state index is 5.83. The second kappa shape index (κ2) is 2.76. The lowest BCUT2D eigenvalue weighted by atomic mass is 10.2. The molecule has 1 aliphatic carbocycles. The van der Waals surface area contributed by atoms with Crippen LogP contribution in [0.2, 0.25) is 5.15 Å². The van der Waals surface area contributed by atoms with Gasteiger partial charge in [-0.25, -0.2) is 4.98 Å². The van der Waals surface area contributed by atoms with Crippen LogP contribution in [-0.4, -0.2) is 4.98 Å². The van der Waals surface area contributed by atoms with E-state index in [9.17, 15) is 0 Å². The molecule has 0 N–H and O–H groups in total. The minimum atomic E-state index is 0.589. The quantitative estimate of drug-likeness (QED) is 0.627. The van der Waals surface area contributed by atoms with E-state index < -0.39 is 0 Å². The van der Waals surface area contributed by atoms with Crippen LogP contribution in [0.15, 0.2) is 10.7 Å². The van der Waals surface area contributed by atoms with E-state index in [1.165, 1.54) is 17.5 Å². The molecule has 1 aliphatic rings. The minimum Gasteiger partial charge on any atom is -0.243 e. The Balaban J connectivity index is 2.62. The molecule has 58 valence electrons. The monoisotopic (exact) mass is 231 g/mol. The molecule has 0 aromatic carbocycles. The number of hydrogen-bond acceptors (Lipinski definition) is 1. The Morgan fingerprint density at radius 1 is 1.45 bits per heavy atom. The molecule has 0 amide bonds. The lowest BCUT2D eigenvalue weighted by Gasteiger charge is -2.01. The van der Waals surface area contributed by atoms with Crippen LogP contribution in [0.4, 0.5) is 0 Å². The standard InChI is InChI=1S/C8H7BrClN/c9-7-6-3-1-2-5(6)4-11-8(7)10/h4H,1-3H2. The highest BCUT2D eigenvalue weighted by Crippen LogP contribution is 2.32. The Hall–Kier alpha value is -0.0800. The first-order valence-corrected chi connectivity index (χ1v) is 4.78. The number of aromatic nitrogens is 1. The maximum Gasteiger partial charge on any atom is 0.143 e. The van der Waals surface area contributed by atoms with Crippen molar-refractivity contribution in [1.82, 2.24) is 4.98 Å². The zero-order chi connectivity index (χ0) is 7.84. The van der Waals surface area contributed by atoms with Crippen molar-refractivity contribution < 1.29 is 0 Å². The Morgan fingerprint density at radius 3 is 3.09 bits per heavy atom. The third kappa shape index (κ3) is 1.18. The molecule has 0 unspecified atom stereocenters. The lowest BCUT2D eigenvalue weighted by molar-refractivity contribution is 0.910. The third-order valence-electron chi connectivity index (χ3n) is 2.04.